The zero-order chi connectivity index (χ0) is 32.5. The van der Waals surface area contributed by atoms with Crippen molar-refractivity contribution in [3.8, 4) is 23.0 Å². The lowest BCUT2D eigenvalue weighted by Gasteiger charge is -2.24. The maximum atomic E-state index is 12.6. The Labute approximate surface area is 257 Å². The molecular formula is C32H40N2O10. The van der Waals surface area contributed by atoms with Crippen LogP contribution in [0.5, 0.6) is 23.0 Å². The summed E-state index contributed by atoms with van der Waals surface area (Å²) in [6.07, 6.45) is 2.75. The molecule has 0 fully saturated rings. The van der Waals surface area contributed by atoms with E-state index in [0.29, 0.717) is 48.7 Å². The summed E-state index contributed by atoms with van der Waals surface area (Å²) < 4.78 is 20.7. The van der Waals surface area contributed by atoms with Gasteiger partial charge in [-0.3, -0.25) is 0 Å². The largest absolute Gasteiger partial charge is 0.445 e. The number of carbonyl (C=O) groups excluding carboxylic acids is 4. The highest BCUT2D eigenvalue weighted by atomic mass is 16.7. The third-order valence-electron chi connectivity index (χ3n) is 5.40. The van der Waals surface area contributed by atoms with Crippen LogP contribution in [-0.2, 0) is 19.1 Å². The van der Waals surface area contributed by atoms with Crippen LogP contribution < -0.4 is 19.1 Å². The van der Waals surface area contributed by atoms with E-state index in [1.165, 1.54) is 24.3 Å². The van der Waals surface area contributed by atoms with E-state index in [9.17, 15) is 19.2 Å². The van der Waals surface area contributed by atoms with Crippen LogP contribution in [0.3, 0.4) is 0 Å². The molecule has 0 heterocycles. The summed E-state index contributed by atoms with van der Waals surface area (Å²) in [7, 11) is 0. The Kier molecular flexibility index (Phi) is 14.8. The van der Waals surface area contributed by atoms with Gasteiger partial charge in [0.05, 0.1) is 25.3 Å². The summed E-state index contributed by atoms with van der Waals surface area (Å²) in [4.78, 5) is 59.6. The molecule has 2 rings (SSSR count). The Hall–Kier alpha value is -5.00. The Bertz CT molecular complexity index is 1150. The maximum absolute atomic E-state index is 12.6. The Morgan fingerprint density at radius 3 is 1.20 bits per heavy atom. The van der Waals surface area contributed by atoms with Gasteiger partial charge in [-0.2, -0.15) is 0 Å². The number of ether oxygens (including phenoxy) is 4. The van der Waals surface area contributed by atoms with Crippen LogP contribution in [0.25, 0.3) is 0 Å². The van der Waals surface area contributed by atoms with Gasteiger partial charge in [-0.25, -0.2) is 19.2 Å². The molecule has 0 spiro atoms. The van der Waals surface area contributed by atoms with Gasteiger partial charge in [0, 0.05) is 12.2 Å². The molecule has 2 aromatic carbocycles. The predicted octanol–water partition coefficient (Wildman–Crippen LogP) is 6.41. The molecule has 0 N–H and O–H groups in total. The van der Waals surface area contributed by atoms with Crippen LogP contribution in [-0.4, -0.2) is 59.5 Å². The van der Waals surface area contributed by atoms with Gasteiger partial charge in [0.15, 0.2) is 11.5 Å². The van der Waals surface area contributed by atoms with Crippen molar-refractivity contribution in [2.45, 2.75) is 65.6 Å². The lowest BCUT2D eigenvalue weighted by Crippen LogP contribution is -2.37. The monoisotopic (exact) mass is 612 g/mol. The number of esters is 2. The minimum atomic E-state index is -0.636. The second-order valence-electron chi connectivity index (χ2n) is 9.86. The summed E-state index contributed by atoms with van der Waals surface area (Å²) in [6.45, 7) is 14.2. The molecule has 0 unspecified atom stereocenters. The summed E-state index contributed by atoms with van der Waals surface area (Å²) in [5.74, 6) is 0.143. The van der Waals surface area contributed by atoms with Crippen molar-refractivity contribution < 1.29 is 47.8 Å². The van der Waals surface area contributed by atoms with Crippen LogP contribution in [0.4, 0.5) is 9.59 Å². The molecule has 0 bridgehead atoms. The molecule has 238 valence electrons. The molecular weight excluding hydrogens is 572 g/mol. The minimum Gasteiger partial charge on any atom is -0.445 e. The molecule has 2 amide bonds. The van der Waals surface area contributed by atoms with E-state index in [0.717, 1.165) is 22.3 Å². The highest BCUT2D eigenvalue weighted by Crippen LogP contribution is 2.21. The van der Waals surface area contributed by atoms with Crippen molar-refractivity contribution in [3.05, 3.63) is 73.8 Å². The molecule has 44 heavy (non-hydrogen) atoms. The number of benzene rings is 2. The molecule has 0 aliphatic heterocycles. The van der Waals surface area contributed by atoms with Crippen LogP contribution >= 0.6 is 0 Å². The van der Waals surface area contributed by atoms with Gasteiger partial charge in [0.25, 0.3) is 0 Å². The van der Waals surface area contributed by atoms with E-state index in [4.69, 9.17) is 28.6 Å². The quantitative estimate of drug-likeness (QED) is 0.0649. The first-order valence-corrected chi connectivity index (χ1v) is 14.2. The van der Waals surface area contributed by atoms with Crippen LogP contribution in [0.1, 0.15) is 53.4 Å². The van der Waals surface area contributed by atoms with E-state index in [1.54, 1.807) is 52.0 Å². The molecule has 2 aromatic rings. The summed E-state index contributed by atoms with van der Waals surface area (Å²) >= 11 is 0. The second-order valence-corrected chi connectivity index (χ2v) is 9.86. The van der Waals surface area contributed by atoms with Crippen LogP contribution in [0, 0.1) is 0 Å². The number of rotatable bonds is 17. The van der Waals surface area contributed by atoms with Crippen LogP contribution in [0.2, 0.25) is 0 Å². The van der Waals surface area contributed by atoms with Crippen LogP contribution in [0.15, 0.2) is 73.8 Å². The molecule has 0 saturated heterocycles. The van der Waals surface area contributed by atoms with E-state index in [1.807, 2.05) is 0 Å². The fraction of sp³-hybridized carbons (Fsp3) is 0.375. The normalized spacial score (nSPS) is 10.4. The second kappa shape index (κ2) is 18.5. The molecule has 0 atom stereocenters. The average Bonchev–Trinajstić information content (AvgIpc) is 2.98. The fourth-order valence-electron chi connectivity index (χ4n) is 3.44. The molecule has 12 nitrogen and oxygen atoms in total. The maximum Gasteiger partial charge on any atom is 0.443 e. The number of carbonyl (C=O) groups is 4. The zero-order valence-corrected chi connectivity index (χ0v) is 25.6. The van der Waals surface area contributed by atoms with E-state index in [2.05, 4.69) is 13.2 Å². The van der Waals surface area contributed by atoms with Crippen molar-refractivity contribution in [2.24, 2.45) is 0 Å². The van der Waals surface area contributed by atoms with E-state index >= 15 is 0 Å². The first kappa shape index (κ1) is 35.2. The number of amides is 2. The summed E-state index contributed by atoms with van der Waals surface area (Å²) in [5, 5.41) is 2.27. The Balaban J connectivity index is 1.91. The van der Waals surface area contributed by atoms with Crippen molar-refractivity contribution in [1.29, 1.82) is 0 Å². The smallest absolute Gasteiger partial charge is 0.443 e. The molecule has 0 radical (unpaired) electrons. The standard InChI is InChI=1S/C32H40N2O10/c1-7-29(35)41-25-13-17-27(18-14-25)43-33(31(37)39-23(3)4)21-11-9-10-12-22-34(32(38)40-24(5)6)44-28-19-15-26(16-20-28)42-30(36)8-2/h7-8,13-20,23-24H,1-2,9-12,21-22H2,3-6H3. The van der Waals surface area contributed by atoms with Gasteiger partial charge in [0.1, 0.15) is 11.5 Å². The predicted molar refractivity (Wildman–Crippen MR) is 161 cm³/mol. The summed E-state index contributed by atoms with van der Waals surface area (Å²) in [6, 6.07) is 12.4. The van der Waals surface area contributed by atoms with Gasteiger partial charge < -0.3 is 28.6 Å². The van der Waals surface area contributed by atoms with Gasteiger partial charge in [0.2, 0.25) is 0 Å². The van der Waals surface area contributed by atoms with Crippen molar-refractivity contribution >= 4 is 24.1 Å². The lowest BCUT2D eigenvalue weighted by molar-refractivity contribution is -0.129. The third-order valence-corrected chi connectivity index (χ3v) is 5.40. The van der Waals surface area contributed by atoms with Gasteiger partial charge in [-0.1, -0.05) is 26.0 Å². The van der Waals surface area contributed by atoms with Crippen molar-refractivity contribution in [1.82, 2.24) is 10.1 Å². The number of hydrogen-bond acceptors (Lipinski definition) is 10. The molecule has 0 aliphatic rings. The molecule has 0 aliphatic carbocycles. The SMILES string of the molecule is C=CC(=O)Oc1ccc(ON(CCCCCCN(Oc2ccc(OC(=O)C=C)cc2)C(=O)OC(C)C)C(=O)OC(C)C)cc1. The van der Waals surface area contributed by atoms with Gasteiger partial charge in [-0.15, -0.1) is 10.1 Å². The zero-order valence-electron chi connectivity index (χ0n) is 25.6. The first-order chi connectivity index (χ1) is 21.0. The lowest BCUT2D eigenvalue weighted by atomic mass is 10.2. The van der Waals surface area contributed by atoms with Crippen molar-refractivity contribution in [2.75, 3.05) is 13.1 Å². The minimum absolute atomic E-state index is 0.247. The highest BCUT2D eigenvalue weighted by Gasteiger charge is 2.21. The van der Waals surface area contributed by atoms with E-state index < -0.39 is 24.1 Å². The number of unbranched alkanes of at least 4 members (excludes halogenated alkanes) is 3. The fourth-order valence-corrected chi connectivity index (χ4v) is 3.44. The third kappa shape index (κ3) is 13.3. The average molecular weight is 613 g/mol. The number of hydrogen-bond donors (Lipinski definition) is 0. The molecule has 0 saturated carbocycles. The highest BCUT2D eigenvalue weighted by molar-refractivity contribution is 5.83. The number of nitrogens with zero attached hydrogens (tertiary/aromatic N) is 2. The topological polar surface area (TPSA) is 130 Å². The molecule has 12 heteroatoms. The van der Waals surface area contributed by atoms with Gasteiger partial charge >= 0.3 is 24.1 Å². The Morgan fingerprint density at radius 1 is 0.591 bits per heavy atom. The Morgan fingerprint density at radius 2 is 0.909 bits per heavy atom. The molecule has 0 aromatic heterocycles. The van der Waals surface area contributed by atoms with Gasteiger partial charge in [-0.05, 0) is 89.1 Å². The van der Waals surface area contributed by atoms with Crippen molar-refractivity contribution in [3.63, 3.8) is 0 Å². The summed E-state index contributed by atoms with van der Waals surface area (Å²) in [5.41, 5.74) is 0. The first-order valence-electron chi connectivity index (χ1n) is 14.2. The number of hydroxylamine groups is 4. The van der Waals surface area contributed by atoms with E-state index in [-0.39, 0.29) is 25.3 Å².